The van der Waals surface area contributed by atoms with Gasteiger partial charge in [0.15, 0.2) is 5.65 Å². The third-order valence-corrected chi connectivity index (χ3v) is 3.43. The van der Waals surface area contributed by atoms with Crippen molar-refractivity contribution in [2.45, 2.75) is 13.5 Å². The van der Waals surface area contributed by atoms with Gasteiger partial charge in [-0.1, -0.05) is 12.1 Å². The number of methoxy groups -OCH3 is 1. The maximum Gasteiger partial charge on any atom is 0.270 e. The molecule has 1 N–H and O–H groups in total. The van der Waals surface area contributed by atoms with Crippen LogP contribution in [0.2, 0.25) is 0 Å². The number of hydrogen-bond acceptors (Lipinski definition) is 4. The number of nitrogens with one attached hydrogen (secondary N) is 1. The van der Waals surface area contributed by atoms with Crippen molar-refractivity contribution in [2.24, 2.45) is 0 Å². The van der Waals surface area contributed by atoms with Crippen molar-refractivity contribution >= 4 is 11.6 Å². The van der Waals surface area contributed by atoms with Gasteiger partial charge in [-0.2, -0.15) is 0 Å². The zero-order valence-corrected chi connectivity index (χ0v) is 12.4. The molecule has 22 heavy (non-hydrogen) atoms. The van der Waals surface area contributed by atoms with Crippen LogP contribution in [-0.2, 0) is 6.54 Å². The lowest BCUT2D eigenvalue weighted by Gasteiger charge is -2.07. The second kappa shape index (κ2) is 5.85. The molecule has 0 bridgehead atoms. The summed E-state index contributed by atoms with van der Waals surface area (Å²) in [5, 5.41) is 2.91. The topological polar surface area (TPSA) is 68.5 Å². The maximum atomic E-state index is 12.4. The lowest BCUT2D eigenvalue weighted by atomic mass is 10.2. The summed E-state index contributed by atoms with van der Waals surface area (Å²) in [6.07, 6.45) is 5.00. The highest BCUT2D eigenvalue weighted by atomic mass is 16.5. The van der Waals surface area contributed by atoms with E-state index in [4.69, 9.17) is 4.74 Å². The van der Waals surface area contributed by atoms with Gasteiger partial charge in [-0.05, 0) is 24.6 Å². The lowest BCUT2D eigenvalue weighted by molar-refractivity contribution is 0.0944. The summed E-state index contributed by atoms with van der Waals surface area (Å²) in [5.41, 5.74) is 2.88. The van der Waals surface area contributed by atoms with E-state index in [2.05, 4.69) is 15.3 Å². The van der Waals surface area contributed by atoms with E-state index in [1.165, 1.54) is 0 Å². The smallest absolute Gasteiger partial charge is 0.270 e. The molecular formula is C16H16N4O2. The average Bonchev–Trinajstić information content (AvgIpc) is 2.89. The van der Waals surface area contributed by atoms with Crippen molar-refractivity contribution < 1.29 is 9.53 Å². The molecule has 2 heterocycles. The Balaban J connectivity index is 1.77. The van der Waals surface area contributed by atoms with Crippen molar-refractivity contribution in [2.75, 3.05) is 7.11 Å². The van der Waals surface area contributed by atoms with E-state index in [-0.39, 0.29) is 5.91 Å². The van der Waals surface area contributed by atoms with Crippen molar-refractivity contribution in [3.05, 3.63) is 59.8 Å². The third kappa shape index (κ3) is 2.63. The van der Waals surface area contributed by atoms with Crippen LogP contribution in [0.4, 0.5) is 0 Å². The zero-order chi connectivity index (χ0) is 15.5. The standard InChI is InChI=1S/C16H16N4O2/c1-11-15(20-8-7-17-10-14(20)19-11)16(21)18-9-12-3-5-13(22-2)6-4-12/h3-8,10H,9H2,1-2H3,(H,18,21). The molecule has 0 aliphatic rings. The number of ether oxygens (including phenoxy) is 1. The van der Waals surface area contributed by atoms with Gasteiger partial charge >= 0.3 is 0 Å². The number of benzene rings is 1. The molecule has 0 radical (unpaired) electrons. The third-order valence-electron chi connectivity index (χ3n) is 3.43. The van der Waals surface area contributed by atoms with Gasteiger partial charge < -0.3 is 10.1 Å². The SMILES string of the molecule is COc1ccc(CNC(=O)c2c(C)nc3cnccn23)cc1. The van der Waals surface area contributed by atoms with Gasteiger partial charge in [0.05, 0.1) is 19.0 Å². The Hall–Kier alpha value is -2.89. The number of imidazole rings is 1. The van der Waals surface area contributed by atoms with Crippen molar-refractivity contribution in [3.8, 4) is 5.75 Å². The second-order valence-corrected chi connectivity index (χ2v) is 4.88. The van der Waals surface area contributed by atoms with Gasteiger partial charge in [-0.3, -0.25) is 14.2 Å². The maximum absolute atomic E-state index is 12.4. The molecule has 0 aliphatic heterocycles. The van der Waals surface area contributed by atoms with Crippen molar-refractivity contribution in [1.29, 1.82) is 0 Å². The molecule has 3 aromatic rings. The van der Waals surface area contributed by atoms with E-state index in [9.17, 15) is 4.79 Å². The van der Waals surface area contributed by atoms with Crippen LogP contribution in [0, 0.1) is 6.92 Å². The van der Waals surface area contributed by atoms with Gasteiger partial charge in [-0.15, -0.1) is 0 Å². The monoisotopic (exact) mass is 296 g/mol. The Kier molecular flexibility index (Phi) is 3.74. The van der Waals surface area contributed by atoms with E-state index in [0.717, 1.165) is 11.3 Å². The van der Waals surface area contributed by atoms with E-state index < -0.39 is 0 Å². The number of carbonyl (C=O) groups excluding carboxylic acids is 1. The first-order chi connectivity index (χ1) is 10.7. The highest BCUT2D eigenvalue weighted by Crippen LogP contribution is 2.13. The van der Waals surface area contributed by atoms with Crippen molar-refractivity contribution in [1.82, 2.24) is 19.7 Å². The summed E-state index contributed by atoms with van der Waals surface area (Å²) in [6.45, 7) is 2.26. The first-order valence-corrected chi connectivity index (χ1v) is 6.89. The van der Waals surface area contributed by atoms with Crippen LogP contribution in [0.25, 0.3) is 5.65 Å². The molecule has 112 valence electrons. The van der Waals surface area contributed by atoms with E-state index >= 15 is 0 Å². The average molecular weight is 296 g/mol. The molecule has 2 aromatic heterocycles. The summed E-state index contributed by atoms with van der Waals surface area (Å²) in [4.78, 5) is 20.8. The first kappa shape index (κ1) is 14.1. The summed E-state index contributed by atoms with van der Waals surface area (Å²) in [5.74, 6) is 0.632. The second-order valence-electron chi connectivity index (χ2n) is 4.88. The molecule has 3 rings (SSSR count). The molecule has 0 atom stereocenters. The molecule has 0 unspecified atom stereocenters. The molecule has 6 nitrogen and oxygen atoms in total. The van der Waals surface area contributed by atoms with Crippen LogP contribution in [0.5, 0.6) is 5.75 Å². The number of aryl methyl sites for hydroxylation is 1. The summed E-state index contributed by atoms with van der Waals surface area (Å²) in [7, 11) is 1.62. The minimum atomic E-state index is -0.160. The molecule has 0 spiro atoms. The first-order valence-electron chi connectivity index (χ1n) is 6.89. The Morgan fingerprint density at radius 2 is 2.09 bits per heavy atom. The van der Waals surface area contributed by atoms with Crippen LogP contribution >= 0.6 is 0 Å². The Bertz CT molecular complexity index is 809. The summed E-state index contributed by atoms with van der Waals surface area (Å²) < 4.78 is 6.85. The van der Waals surface area contributed by atoms with Crippen LogP contribution in [0.15, 0.2) is 42.9 Å². The lowest BCUT2D eigenvalue weighted by Crippen LogP contribution is -2.24. The molecule has 1 amide bonds. The van der Waals surface area contributed by atoms with Gasteiger partial charge in [0.25, 0.3) is 5.91 Å². The predicted octanol–water partition coefficient (Wildman–Crippen LogP) is 1.98. The Morgan fingerprint density at radius 1 is 1.32 bits per heavy atom. The minimum absolute atomic E-state index is 0.160. The Morgan fingerprint density at radius 3 is 2.82 bits per heavy atom. The number of rotatable bonds is 4. The molecule has 0 aliphatic carbocycles. The predicted molar refractivity (Wildman–Crippen MR) is 81.9 cm³/mol. The fraction of sp³-hybridized carbons (Fsp3) is 0.188. The number of fused-ring (bicyclic) bond motifs is 1. The summed E-state index contributed by atoms with van der Waals surface area (Å²) >= 11 is 0. The molecule has 6 heteroatoms. The van der Waals surface area contributed by atoms with Gasteiger partial charge in [-0.25, -0.2) is 4.98 Å². The number of aromatic nitrogens is 3. The number of carbonyl (C=O) groups is 1. The number of amides is 1. The van der Waals surface area contributed by atoms with Gasteiger partial charge in [0, 0.05) is 18.9 Å². The van der Waals surface area contributed by atoms with E-state index in [1.54, 1.807) is 30.1 Å². The van der Waals surface area contributed by atoms with Crippen LogP contribution in [-0.4, -0.2) is 27.4 Å². The van der Waals surface area contributed by atoms with Crippen LogP contribution in [0.1, 0.15) is 21.7 Å². The number of nitrogens with zero attached hydrogens (tertiary/aromatic N) is 3. The highest BCUT2D eigenvalue weighted by molar-refractivity contribution is 5.94. The molecule has 0 saturated heterocycles. The van der Waals surface area contributed by atoms with Gasteiger partial charge in [0.1, 0.15) is 11.4 Å². The minimum Gasteiger partial charge on any atom is -0.497 e. The molecule has 1 aromatic carbocycles. The van der Waals surface area contributed by atoms with Crippen LogP contribution < -0.4 is 10.1 Å². The quantitative estimate of drug-likeness (QED) is 0.799. The Labute approximate surface area is 127 Å². The molecule has 0 fully saturated rings. The fourth-order valence-electron chi connectivity index (χ4n) is 2.31. The van der Waals surface area contributed by atoms with Crippen LogP contribution in [0.3, 0.4) is 0 Å². The largest absolute Gasteiger partial charge is 0.497 e. The molecular weight excluding hydrogens is 280 g/mol. The number of hydrogen-bond donors (Lipinski definition) is 1. The van der Waals surface area contributed by atoms with Gasteiger partial charge in [0.2, 0.25) is 0 Å². The van der Waals surface area contributed by atoms with E-state index in [0.29, 0.717) is 23.6 Å². The normalized spacial score (nSPS) is 10.6. The zero-order valence-electron chi connectivity index (χ0n) is 12.4. The van der Waals surface area contributed by atoms with Crippen molar-refractivity contribution in [3.63, 3.8) is 0 Å². The summed E-state index contributed by atoms with van der Waals surface area (Å²) in [6, 6.07) is 7.58. The highest BCUT2D eigenvalue weighted by Gasteiger charge is 2.16. The fourth-order valence-corrected chi connectivity index (χ4v) is 2.31. The van der Waals surface area contributed by atoms with E-state index in [1.807, 2.05) is 31.2 Å². The molecule has 0 saturated carbocycles.